The van der Waals surface area contributed by atoms with Crippen molar-refractivity contribution in [2.24, 2.45) is 5.41 Å². The fourth-order valence-corrected chi connectivity index (χ4v) is 0.550. The summed E-state index contributed by atoms with van der Waals surface area (Å²) in [6.45, 7) is 5.67. The standard InChI is InChI=1S/C9H17F3O/c1-5-7(2)13-6-8(3,4)9(10,11)12/h7H,5-6H2,1-4H3. The molecule has 0 rings (SSSR count). The number of alkyl halides is 3. The van der Waals surface area contributed by atoms with Crippen molar-refractivity contribution in [3.63, 3.8) is 0 Å². The molecule has 0 aliphatic heterocycles. The Hall–Kier alpha value is -0.250. The van der Waals surface area contributed by atoms with Crippen molar-refractivity contribution in [3.8, 4) is 0 Å². The molecular weight excluding hydrogens is 181 g/mol. The van der Waals surface area contributed by atoms with E-state index in [0.29, 0.717) is 0 Å². The first kappa shape index (κ1) is 12.8. The number of hydrogen-bond donors (Lipinski definition) is 0. The van der Waals surface area contributed by atoms with Crippen LogP contribution in [0.1, 0.15) is 34.1 Å². The third-order valence-corrected chi connectivity index (χ3v) is 2.07. The zero-order valence-electron chi connectivity index (χ0n) is 8.53. The van der Waals surface area contributed by atoms with Crippen LogP contribution in [0.15, 0.2) is 0 Å². The zero-order chi connectivity index (χ0) is 10.7. The van der Waals surface area contributed by atoms with Crippen molar-refractivity contribution in [3.05, 3.63) is 0 Å². The average molecular weight is 198 g/mol. The lowest BCUT2D eigenvalue weighted by atomic mass is 9.94. The van der Waals surface area contributed by atoms with Crippen molar-refractivity contribution >= 4 is 0 Å². The van der Waals surface area contributed by atoms with E-state index in [1.807, 2.05) is 6.92 Å². The van der Waals surface area contributed by atoms with Gasteiger partial charge in [0, 0.05) is 0 Å². The van der Waals surface area contributed by atoms with E-state index in [1.54, 1.807) is 6.92 Å². The zero-order valence-corrected chi connectivity index (χ0v) is 8.53. The number of rotatable bonds is 4. The van der Waals surface area contributed by atoms with Gasteiger partial charge in [-0.3, -0.25) is 0 Å². The minimum absolute atomic E-state index is 0.110. The van der Waals surface area contributed by atoms with Gasteiger partial charge in [0.05, 0.1) is 18.1 Å². The van der Waals surface area contributed by atoms with E-state index < -0.39 is 11.6 Å². The Kier molecular flexibility index (Phi) is 4.23. The molecule has 1 atom stereocenters. The van der Waals surface area contributed by atoms with Crippen molar-refractivity contribution in [2.45, 2.75) is 46.4 Å². The van der Waals surface area contributed by atoms with Gasteiger partial charge in [0.25, 0.3) is 0 Å². The minimum Gasteiger partial charge on any atom is -0.378 e. The molecule has 0 aliphatic carbocycles. The van der Waals surface area contributed by atoms with Gasteiger partial charge in [-0.15, -0.1) is 0 Å². The van der Waals surface area contributed by atoms with E-state index in [1.165, 1.54) is 0 Å². The van der Waals surface area contributed by atoms with Crippen LogP contribution in [0, 0.1) is 5.41 Å². The predicted molar refractivity (Wildman–Crippen MR) is 45.5 cm³/mol. The molecule has 0 fully saturated rings. The van der Waals surface area contributed by atoms with Gasteiger partial charge in [0.15, 0.2) is 0 Å². The lowest BCUT2D eigenvalue weighted by Gasteiger charge is -2.28. The number of ether oxygens (including phenoxy) is 1. The lowest BCUT2D eigenvalue weighted by Crippen LogP contribution is -2.37. The smallest absolute Gasteiger partial charge is 0.378 e. The normalized spacial score (nSPS) is 15.9. The molecule has 0 amide bonds. The van der Waals surface area contributed by atoms with Gasteiger partial charge < -0.3 is 4.74 Å². The van der Waals surface area contributed by atoms with Crippen LogP contribution in [0.3, 0.4) is 0 Å². The molecule has 0 radical (unpaired) electrons. The van der Waals surface area contributed by atoms with Gasteiger partial charge in [-0.25, -0.2) is 0 Å². The second-order valence-electron chi connectivity index (χ2n) is 3.91. The van der Waals surface area contributed by atoms with Gasteiger partial charge in [0.1, 0.15) is 0 Å². The summed E-state index contributed by atoms with van der Waals surface area (Å²) in [6, 6.07) is 0. The molecule has 0 saturated carbocycles. The SMILES string of the molecule is CCC(C)OCC(C)(C)C(F)(F)F. The van der Waals surface area contributed by atoms with Crippen LogP contribution < -0.4 is 0 Å². The third kappa shape index (κ3) is 3.98. The largest absolute Gasteiger partial charge is 0.396 e. The Bertz CT molecular complexity index is 151. The van der Waals surface area contributed by atoms with E-state index in [4.69, 9.17) is 4.74 Å². The summed E-state index contributed by atoms with van der Waals surface area (Å²) in [5, 5.41) is 0. The van der Waals surface area contributed by atoms with E-state index in [2.05, 4.69) is 0 Å². The maximum absolute atomic E-state index is 12.3. The first-order chi connectivity index (χ1) is 5.70. The van der Waals surface area contributed by atoms with Crippen LogP contribution in [0.25, 0.3) is 0 Å². The van der Waals surface area contributed by atoms with Gasteiger partial charge in [-0.1, -0.05) is 6.92 Å². The third-order valence-electron chi connectivity index (χ3n) is 2.07. The number of hydrogen-bond acceptors (Lipinski definition) is 1. The molecule has 0 bridgehead atoms. The maximum atomic E-state index is 12.3. The second-order valence-corrected chi connectivity index (χ2v) is 3.91. The lowest BCUT2D eigenvalue weighted by molar-refractivity contribution is -0.230. The Morgan fingerprint density at radius 3 is 2.00 bits per heavy atom. The quantitative estimate of drug-likeness (QED) is 0.672. The summed E-state index contributed by atoms with van der Waals surface area (Å²) in [5.41, 5.74) is -1.75. The molecule has 1 nitrogen and oxygen atoms in total. The molecule has 0 aromatic carbocycles. The highest BCUT2D eigenvalue weighted by Crippen LogP contribution is 2.37. The van der Waals surface area contributed by atoms with Crippen molar-refractivity contribution in [1.29, 1.82) is 0 Å². The van der Waals surface area contributed by atoms with Gasteiger partial charge in [0.2, 0.25) is 0 Å². The summed E-state index contributed by atoms with van der Waals surface area (Å²) >= 11 is 0. The molecule has 1 unspecified atom stereocenters. The monoisotopic (exact) mass is 198 g/mol. The Balaban J connectivity index is 4.04. The summed E-state index contributed by atoms with van der Waals surface area (Å²) < 4.78 is 42.0. The van der Waals surface area contributed by atoms with Crippen LogP contribution >= 0.6 is 0 Å². The first-order valence-corrected chi connectivity index (χ1v) is 4.39. The van der Waals surface area contributed by atoms with Gasteiger partial charge in [-0.05, 0) is 27.2 Å². The van der Waals surface area contributed by atoms with Crippen molar-refractivity contribution < 1.29 is 17.9 Å². The topological polar surface area (TPSA) is 9.23 Å². The molecule has 0 aliphatic rings. The predicted octanol–water partition coefficient (Wildman–Crippen LogP) is 3.39. The number of halogens is 3. The van der Waals surface area contributed by atoms with Crippen LogP contribution in [0.5, 0.6) is 0 Å². The average Bonchev–Trinajstić information content (AvgIpc) is 1.98. The first-order valence-electron chi connectivity index (χ1n) is 4.39. The summed E-state index contributed by atoms with van der Waals surface area (Å²) in [6.07, 6.45) is -3.57. The van der Waals surface area contributed by atoms with Gasteiger partial charge >= 0.3 is 6.18 Å². The Labute approximate surface area is 77.3 Å². The molecule has 0 aromatic heterocycles. The maximum Gasteiger partial charge on any atom is 0.396 e. The molecule has 4 heteroatoms. The summed E-state index contributed by atoms with van der Waals surface area (Å²) in [4.78, 5) is 0. The highest BCUT2D eigenvalue weighted by molar-refractivity contribution is 4.76. The molecule has 0 spiro atoms. The van der Waals surface area contributed by atoms with E-state index in [9.17, 15) is 13.2 Å². The van der Waals surface area contributed by atoms with Crippen LogP contribution in [0.4, 0.5) is 13.2 Å². The van der Waals surface area contributed by atoms with Crippen LogP contribution in [0.2, 0.25) is 0 Å². The Morgan fingerprint density at radius 1 is 1.23 bits per heavy atom. The Morgan fingerprint density at radius 2 is 1.69 bits per heavy atom. The fourth-order valence-electron chi connectivity index (χ4n) is 0.550. The van der Waals surface area contributed by atoms with E-state index in [0.717, 1.165) is 20.3 Å². The van der Waals surface area contributed by atoms with Crippen LogP contribution in [-0.2, 0) is 4.74 Å². The summed E-state index contributed by atoms with van der Waals surface area (Å²) in [5.74, 6) is 0. The molecule has 0 heterocycles. The fraction of sp³-hybridized carbons (Fsp3) is 1.00. The van der Waals surface area contributed by atoms with Gasteiger partial charge in [-0.2, -0.15) is 13.2 Å². The molecule has 0 N–H and O–H groups in total. The molecule has 0 saturated heterocycles. The highest BCUT2D eigenvalue weighted by atomic mass is 19.4. The molecular formula is C9H17F3O. The minimum atomic E-state index is -4.19. The second kappa shape index (κ2) is 4.31. The highest BCUT2D eigenvalue weighted by Gasteiger charge is 2.47. The molecule has 13 heavy (non-hydrogen) atoms. The van der Waals surface area contributed by atoms with Crippen molar-refractivity contribution in [1.82, 2.24) is 0 Å². The molecule has 80 valence electrons. The summed E-state index contributed by atoms with van der Waals surface area (Å²) in [7, 11) is 0. The van der Waals surface area contributed by atoms with Crippen LogP contribution in [-0.4, -0.2) is 18.9 Å². The van der Waals surface area contributed by atoms with Crippen molar-refractivity contribution in [2.75, 3.05) is 6.61 Å². The van der Waals surface area contributed by atoms with E-state index in [-0.39, 0.29) is 12.7 Å². The molecule has 0 aromatic rings. The van der Waals surface area contributed by atoms with E-state index >= 15 is 0 Å².